The summed E-state index contributed by atoms with van der Waals surface area (Å²) in [6.07, 6.45) is 2.01. The van der Waals surface area contributed by atoms with Crippen molar-refractivity contribution in [1.29, 1.82) is 0 Å². The second-order valence-electron chi connectivity index (χ2n) is 4.93. The molecule has 0 amide bonds. The molecule has 2 rings (SSSR count). The summed E-state index contributed by atoms with van der Waals surface area (Å²) in [4.78, 5) is 11.1. The summed E-state index contributed by atoms with van der Waals surface area (Å²) in [5.74, 6) is -0.939. The maximum atomic E-state index is 12.4. The van der Waals surface area contributed by atoms with E-state index in [4.69, 9.17) is 5.11 Å². The van der Waals surface area contributed by atoms with Crippen LogP contribution < -0.4 is 0 Å². The van der Waals surface area contributed by atoms with Crippen LogP contribution in [-0.2, 0) is 10.0 Å². The number of carbonyl (C=O) groups is 1. The van der Waals surface area contributed by atoms with Crippen molar-refractivity contribution in [2.75, 3.05) is 7.05 Å². The molecule has 0 saturated heterocycles. The molecule has 8 heteroatoms. The smallest absolute Gasteiger partial charge is 0.340 e. The Morgan fingerprint density at radius 3 is 2.58 bits per heavy atom. The van der Waals surface area contributed by atoms with Gasteiger partial charge in [0.05, 0.1) is 0 Å². The highest BCUT2D eigenvalue weighted by Crippen LogP contribution is 2.36. The first-order chi connectivity index (χ1) is 8.76. The monoisotopic (exact) mass is 287 g/mol. The van der Waals surface area contributed by atoms with Crippen LogP contribution in [0.1, 0.15) is 35.8 Å². The van der Waals surface area contributed by atoms with Crippen molar-refractivity contribution in [3.05, 3.63) is 11.3 Å². The van der Waals surface area contributed by atoms with Gasteiger partial charge in [-0.25, -0.2) is 13.2 Å². The molecule has 1 atom stereocenters. The van der Waals surface area contributed by atoms with Crippen LogP contribution in [0.2, 0.25) is 0 Å². The van der Waals surface area contributed by atoms with Gasteiger partial charge in [0, 0.05) is 18.8 Å². The number of aromatic nitrogens is 2. The number of H-pyrrole nitrogens is 1. The third kappa shape index (κ3) is 2.37. The topological polar surface area (TPSA) is 103 Å². The molecule has 1 heterocycles. The molecule has 1 saturated carbocycles. The number of aryl methyl sites for hydroxylation is 1. The van der Waals surface area contributed by atoms with Gasteiger partial charge in [-0.05, 0) is 32.6 Å². The van der Waals surface area contributed by atoms with E-state index >= 15 is 0 Å². The van der Waals surface area contributed by atoms with Gasteiger partial charge in [-0.2, -0.15) is 9.40 Å². The Hall–Kier alpha value is -1.41. The summed E-state index contributed by atoms with van der Waals surface area (Å²) in [5.41, 5.74) is -0.0478. The Morgan fingerprint density at radius 1 is 1.53 bits per heavy atom. The van der Waals surface area contributed by atoms with Gasteiger partial charge in [-0.3, -0.25) is 5.10 Å². The Balaban J connectivity index is 2.41. The van der Waals surface area contributed by atoms with Crippen LogP contribution in [0, 0.1) is 12.8 Å². The number of rotatable bonds is 5. The molecular weight excluding hydrogens is 270 g/mol. The fourth-order valence-electron chi connectivity index (χ4n) is 2.08. The molecule has 1 aliphatic carbocycles. The van der Waals surface area contributed by atoms with Crippen LogP contribution in [0.4, 0.5) is 0 Å². The molecule has 0 radical (unpaired) electrons. The van der Waals surface area contributed by atoms with E-state index in [1.807, 2.05) is 6.92 Å². The molecule has 1 unspecified atom stereocenters. The molecule has 19 heavy (non-hydrogen) atoms. The quantitative estimate of drug-likeness (QED) is 0.835. The molecule has 1 aliphatic rings. The van der Waals surface area contributed by atoms with Gasteiger partial charge < -0.3 is 5.11 Å². The molecule has 0 bridgehead atoms. The minimum Gasteiger partial charge on any atom is -0.478 e. The van der Waals surface area contributed by atoms with Crippen LogP contribution in [0.5, 0.6) is 0 Å². The second kappa shape index (κ2) is 4.61. The van der Waals surface area contributed by atoms with E-state index in [2.05, 4.69) is 10.2 Å². The summed E-state index contributed by atoms with van der Waals surface area (Å²) >= 11 is 0. The van der Waals surface area contributed by atoms with Crippen LogP contribution >= 0.6 is 0 Å². The molecule has 1 aromatic rings. The second-order valence-corrected chi connectivity index (χ2v) is 6.85. The van der Waals surface area contributed by atoms with Crippen molar-refractivity contribution in [3.8, 4) is 0 Å². The first-order valence-corrected chi connectivity index (χ1v) is 7.47. The number of carboxylic acids is 1. The summed E-state index contributed by atoms with van der Waals surface area (Å²) in [7, 11) is -2.42. The van der Waals surface area contributed by atoms with Crippen molar-refractivity contribution in [1.82, 2.24) is 14.5 Å². The number of hydrogen-bond donors (Lipinski definition) is 2. The third-order valence-corrected chi connectivity index (χ3v) is 5.50. The van der Waals surface area contributed by atoms with Crippen LogP contribution in [-0.4, -0.2) is 47.1 Å². The first kappa shape index (κ1) is 14.0. The Kier molecular flexibility index (Phi) is 3.40. The molecule has 0 aliphatic heterocycles. The Bertz CT molecular complexity index is 603. The third-order valence-electron chi connectivity index (χ3n) is 3.63. The highest BCUT2D eigenvalue weighted by molar-refractivity contribution is 7.89. The van der Waals surface area contributed by atoms with E-state index in [1.165, 1.54) is 18.3 Å². The van der Waals surface area contributed by atoms with Gasteiger partial charge >= 0.3 is 5.97 Å². The van der Waals surface area contributed by atoms with Crippen LogP contribution in [0.25, 0.3) is 0 Å². The zero-order chi connectivity index (χ0) is 14.4. The summed E-state index contributed by atoms with van der Waals surface area (Å²) in [5, 5.41) is 14.8. The van der Waals surface area contributed by atoms with E-state index in [-0.39, 0.29) is 17.3 Å². The Morgan fingerprint density at radius 2 is 2.11 bits per heavy atom. The fraction of sp³-hybridized carbons (Fsp3) is 0.636. The van der Waals surface area contributed by atoms with Crippen molar-refractivity contribution >= 4 is 16.0 Å². The fourth-order valence-corrected chi connectivity index (χ4v) is 3.62. The van der Waals surface area contributed by atoms with Crippen molar-refractivity contribution in [2.24, 2.45) is 5.92 Å². The number of carboxylic acid groups (broad SMARTS) is 1. The lowest BCUT2D eigenvalue weighted by Crippen LogP contribution is -2.37. The number of hydrogen-bond acceptors (Lipinski definition) is 4. The summed E-state index contributed by atoms with van der Waals surface area (Å²) < 4.78 is 26.1. The Labute approximate surface area is 111 Å². The largest absolute Gasteiger partial charge is 0.478 e. The van der Waals surface area contributed by atoms with Crippen molar-refractivity contribution in [3.63, 3.8) is 0 Å². The van der Waals surface area contributed by atoms with E-state index in [0.717, 1.165) is 12.8 Å². The summed E-state index contributed by atoms with van der Waals surface area (Å²) in [6, 6.07) is -0.149. The first-order valence-electron chi connectivity index (χ1n) is 6.03. The van der Waals surface area contributed by atoms with Crippen LogP contribution in [0.15, 0.2) is 5.03 Å². The van der Waals surface area contributed by atoms with Gasteiger partial charge in [0.1, 0.15) is 5.56 Å². The minimum atomic E-state index is -3.89. The molecule has 1 aromatic heterocycles. The highest BCUT2D eigenvalue weighted by atomic mass is 32.2. The molecule has 1 fully saturated rings. The number of aromatic carboxylic acids is 1. The van der Waals surface area contributed by atoms with E-state index in [0.29, 0.717) is 5.92 Å². The lowest BCUT2D eigenvalue weighted by molar-refractivity contribution is 0.0691. The molecular formula is C11H17N3O4S. The maximum absolute atomic E-state index is 12.4. The number of aromatic amines is 1. The van der Waals surface area contributed by atoms with Gasteiger partial charge in [0.2, 0.25) is 5.03 Å². The predicted octanol–water partition coefficient (Wildman–Crippen LogP) is 0.835. The van der Waals surface area contributed by atoms with Gasteiger partial charge in [-0.1, -0.05) is 0 Å². The molecule has 7 nitrogen and oxygen atoms in total. The summed E-state index contributed by atoms with van der Waals surface area (Å²) in [6.45, 7) is 3.31. The number of sulfonamides is 1. The normalized spacial score (nSPS) is 17.7. The molecule has 0 aromatic carbocycles. The van der Waals surface area contributed by atoms with Gasteiger partial charge in [0.25, 0.3) is 10.0 Å². The average molecular weight is 287 g/mol. The van der Waals surface area contributed by atoms with Crippen molar-refractivity contribution in [2.45, 2.75) is 37.8 Å². The molecule has 2 N–H and O–H groups in total. The van der Waals surface area contributed by atoms with E-state index < -0.39 is 21.0 Å². The lowest BCUT2D eigenvalue weighted by atomic mass is 10.2. The zero-order valence-electron chi connectivity index (χ0n) is 11.0. The van der Waals surface area contributed by atoms with Crippen molar-refractivity contribution < 1.29 is 18.3 Å². The minimum absolute atomic E-state index is 0.149. The standard InChI is InChI=1S/C11H17N3O4S/c1-6-9(11(15)16)10(13-12-6)19(17,18)14(3)7(2)8-4-5-8/h7-8H,4-5H2,1-3H3,(H,12,13)(H,15,16). The van der Waals surface area contributed by atoms with Crippen LogP contribution in [0.3, 0.4) is 0 Å². The van der Waals surface area contributed by atoms with Gasteiger partial charge in [-0.15, -0.1) is 0 Å². The molecule has 106 valence electrons. The maximum Gasteiger partial charge on any atom is 0.340 e. The van der Waals surface area contributed by atoms with E-state index in [9.17, 15) is 13.2 Å². The lowest BCUT2D eigenvalue weighted by Gasteiger charge is -2.23. The van der Waals surface area contributed by atoms with E-state index in [1.54, 1.807) is 0 Å². The SMILES string of the molecule is Cc1[nH]nc(S(=O)(=O)N(C)C(C)C2CC2)c1C(=O)O. The number of nitrogens with zero attached hydrogens (tertiary/aromatic N) is 2. The average Bonchev–Trinajstić information content (AvgIpc) is 3.09. The van der Waals surface area contributed by atoms with Gasteiger partial charge in [0.15, 0.2) is 0 Å². The number of nitrogens with one attached hydrogen (secondary N) is 1. The highest BCUT2D eigenvalue weighted by Gasteiger charge is 2.39. The predicted molar refractivity (Wildman–Crippen MR) is 67.4 cm³/mol. The molecule has 0 spiro atoms. The zero-order valence-corrected chi connectivity index (χ0v) is 11.9.